The van der Waals surface area contributed by atoms with Gasteiger partial charge < -0.3 is 16.2 Å². The van der Waals surface area contributed by atoms with Gasteiger partial charge in [0.1, 0.15) is 0 Å². The van der Waals surface area contributed by atoms with Gasteiger partial charge >= 0.3 is 0 Å². The fourth-order valence-electron chi connectivity index (χ4n) is 1.13. The quantitative estimate of drug-likeness (QED) is 0.702. The standard InChI is InChI=1S/C11H15ClN2O2/c1-11(2,16)6-14-10(15)8-4-3-7(12)5-9(8)13/h3-5,16H,6,13H2,1-2H3,(H,14,15). The fraction of sp³-hybridized carbons (Fsp3) is 0.364. The molecule has 1 amide bonds. The van der Waals surface area contributed by atoms with E-state index in [0.717, 1.165) is 0 Å². The number of hydrogen-bond acceptors (Lipinski definition) is 3. The average Bonchev–Trinajstić information content (AvgIpc) is 2.13. The predicted octanol–water partition coefficient (Wildman–Crippen LogP) is 1.42. The highest BCUT2D eigenvalue weighted by Gasteiger charge is 2.16. The number of amides is 1. The summed E-state index contributed by atoms with van der Waals surface area (Å²) in [5, 5.41) is 12.5. The number of nitrogen functional groups attached to an aromatic ring is 1. The molecule has 0 heterocycles. The first-order chi connectivity index (χ1) is 7.29. The van der Waals surface area contributed by atoms with Crippen molar-refractivity contribution in [1.82, 2.24) is 5.32 Å². The summed E-state index contributed by atoms with van der Waals surface area (Å²) in [6.07, 6.45) is 0. The van der Waals surface area contributed by atoms with Crippen molar-refractivity contribution in [2.45, 2.75) is 19.4 Å². The molecule has 0 bridgehead atoms. The summed E-state index contributed by atoms with van der Waals surface area (Å²) in [7, 11) is 0. The molecule has 0 unspecified atom stereocenters. The molecule has 0 saturated carbocycles. The van der Waals surface area contributed by atoms with Gasteiger partial charge in [0.15, 0.2) is 0 Å². The lowest BCUT2D eigenvalue weighted by atomic mass is 10.1. The van der Waals surface area contributed by atoms with Crippen LogP contribution in [0.5, 0.6) is 0 Å². The zero-order valence-electron chi connectivity index (χ0n) is 9.25. The third-order valence-corrected chi connectivity index (χ3v) is 2.17. The van der Waals surface area contributed by atoms with Crippen LogP contribution in [0.15, 0.2) is 18.2 Å². The highest BCUT2D eigenvalue weighted by atomic mass is 35.5. The van der Waals surface area contributed by atoms with E-state index >= 15 is 0 Å². The van der Waals surface area contributed by atoms with E-state index in [-0.39, 0.29) is 12.5 Å². The highest BCUT2D eigenvalue weighted by molar-refractivity contribution is 6.31. The molecule has 16 heavy (non-hydrogen) atoms. The molecule has 0 aromatic heterocycles. The molecule has 1 aromatic rings. The molecule has 88 valence electrons. The minimum atomic E-state index is -0.948. The van der Waals surface area contributed by atoms with Crippen molar-refractivity contribution in [2.24, 2.45) is 0 Å². The summed E-state index contributed by atoms with van der Waals surface area (Å²) in [6.45, 7) is 3.38. The van der Waals surface area contributed by atoms with Crippen LogP contribution in [0, 0.1) is 0 Å². The number of carbonyl (C=O) groups is 1. The molecule has 0 atom stereocenters. The molecule has 5 heteroatoms. The molecular formula is C11H15ClN2O2. The number of aliphatic hydroxyl groups is 1. The molecular weight excluding hydrogens is 228 g/mol. The third-order valence-electron chi connectivity index (χ3n) is 1.94. The average molecular weight is 243 g/mol. The van der Waals surface area contributed by atoms with Crippen LogP contribution in [-0.2, 0) is 0 Å². The number of rotatable bonds is 3. The van der Waals surface area contributed by atoms with E-state index in [4.69, 9.17) is 17.3 Å². The Balaban J connectivity index is 2.74. The van der Waals surface area contributed by atoms with Crippen molar-refractivity contribution < 1.29 is 9.90 Å². The van der Waals surface area contributed by atoms with Crippen LogP contribution in [-0.4, -0.2) is 23.2 Å². The second kappa shape index (κ2) is 4.72. The van der Waals surface area contributed by atoms with E-state index in [0.29, 0.717) is 16.3 Å². The number of nitrogens with two attached hydrogens (primary N) is 1. The van der Waals surface area contributed by atoms with Gasteiger partial charge in [0.2, 0.25) is 0 Å². The van der Waals surface area contributed by atoms with Gasteiger partial charge in [0.05, 0.1) is 11.2 Å². The third kappa shape index (κ3) is 3.72. The maximum Gasteiger partial charge on any atom is 0.253 e. The normalized spacial score (nSPS) is 11.2. The van der Waals surface area contributed by atoms with Crippen LogP contribution in [0.25, 0.3) is 0 Å². The molecule has 1 aromatic carbocycles. The van der Waals surface area contributed by atoms with Gasteiger partial charge in [-0.1, -0.05) is 11.6 Å². The first-order valence-electron chi connectivity index (χ1n) is 4.85. The largest absolute Gasteiger partial charge is 0.398 e. The molecule has 0 aliphatic heterocycles. The first-order valence-corrected chi connectivity index (χ1v) is 5.23. The number of benzene rings is 1. The number of halogens is 1. The number of hydrogen-bond donors (Lipinski definition) is 3. The van der Waals surface area contributed by atoms with Crippen molar-refractivity contribution in [3.05, 3.63) is 28.8 Å². The monoisotopic (exact) mass is 242 g/mol. The van der Waals surface area contributed by atoms with E-state index in [1.807, 2.05) is 0 Å². The van der Waals surface area contributed by atoms with Gasteiger partial charge in [-0.2, -0.15) is 0 Å². The maximum absolute atomic E-state index is 11.7. The molecule has 4 N–H and O–H groups in total. The minimum absolute atomic E-state index is 0.161. The molecule has 0 spiro atoms. The van der Waals surface area contributed by atoms with Crippen LogP contribution < -0.4 is 11.1 Å². The zero-order valence-corrected chi connectivity index (χ0v) is 10.0. The second-order valence-electron chi connectivity index (χ2n) is 4.23. The fourth-order valence-corrected chi connectivity index (χ4v) is 1.31. The summed E-state index contributed by atoms with van der Waals surface area (Å²) >= 11 is 5.72. The zero-order chi connectivity index (χ0) is 12.3. The molecule has 0 fully saturated rings. The number of nitrogens with one attached hydrogen (secondary N) is 1. The van der Waals surface area contributed by atoms with Crippen LogP contribution in [0.1, 0.15) is 24.2 Å². The Labute approximate surface area is 99.4 Å². The molecule has 4 nitrogen and oxygen atoms in total. The molecule has 0 aliphatic carbocycles. The van der Waals surface area contributed by atoms with Gasteiger partial charge in [0.25, 0.3) is 5.91 Å². The Morgan fingerprint density at radius 1 is 1.56 bits per heavy atom. The smallest absolute Gasteiger partial charge is 0.253 e. The summed E-state index contributed by atoms with van der Waals surface area (Å²) in [5.74, 6) is -0.323. The Bertz CT molecular complexity index is 399. The summed E-state index contributed by atoms with van der Waals surface area (Å²) in [6, 6.07) is 4.66. The van der Waals surface area contributed by atoms with E-state index in [1.54, 1.807) is 26.0 Å². The Morgan fingerprint density at radius 3 is 2.69 bits per heavy atom. The van der Waals surface area contributed by atoms with Gasteiger partial charge in [-0.15, -0.1) is 0 Å². The van der Waals surface area contributed by atoms with E-state index < -0.39 is 5.60 Å². The van der Waals surface area contributed by atoms with Crippen LogP contribution in [0.3, 0.4) is 0 Å². The van der Waals surface area contributed by atoms with Crippen molar-refractivity contribution in [2.75, 3.05) is 12.3 Å². The molecule has 0 radical (unpaired) electrons. The van der Waals surface area contributed by atoms with E-state index in [2.05, 4.69) is 5.32 Å². The van der Waals surface area contributed by atoms with Crippen molar-refractivity contribution in [3.8, 4) is 0 Å². The topological polar surface area (TPSA) is 75.3 Å². The molecule has 0 aliphatic rings. The second-order valence-corrected chi connectivity index (χ2v) is 4.66. The lowest BCUT2D eigenvalue weighted by Gasteiger charge is -2.18. The van der Waals surface area contributed by atoms with Gasteiger partial charge in [0, 0.05) is 17.3 Å². The lowest BCUT2D eigenvalue weighted by molar-refractivity contribution is 0.0694. The van der Waals surface area contributed by atoms with Gasteiger partial charge in [-0.25, -0.2) is 0 Å². The molecule has 0 saturated heterocycles. The Hall–Kier alpha value is -1.26. The van der Waals surface area contributed by atoms with Crippen molar-refractivity contribution >= 4 is 23.2 Å². The summed E-state index contributed by atoms with van der Waals surface area (Å²) < 4.78 is 0. The summed E-state index contributed by atoms with van der Waals surface area (Å²) in [5.41, 5.74) is 5.38. The van der Waals surface area contributed by atoms with Crippen molar-refractivity contribution in [1.29, 1.82) is 0 Å². The van der Waals surface area contributed by atoms with E-state index in [9.17, 15) is 9.90 Å². The first kappa shape index (κ1) is 12.8. The number of anilines is 1. The number of carbonyl (C=O) groups excluding carboxylic acids is 1. The summed E-state index contributed by atoms with van der Waals surface area (Å²) in [4.78, 5) is 11.7. The van der Waals surface area contributed by atoms with E-state index in [1.165, 1.54) is 6.07 Å². The van der Waals surface area contributed by atoms with Crippen LogP contribution >= 0.6 is 11.6 Å². The van der Waals surface area contributed by atoms with Crippen LogP contribution in [0.4, 0.5) is 5.69 Å². The van der Waals surface area contributed by atoms with Crippen LogP contribution in [0.2, 0.25) is 5.02 Å². The maximum atomic E-state index is 11.7. The predicted molar refractivity (Wildman–Crippen MR) is 64.5 cm³/mol. The Kier molecular flexibility index (Phi) is 3.78. The van der Waals surface area contributed by atoms with Gasteiger partial charge in [-0.3, -0.25) is 4.79 Å². The molecule has 1 rings (SSSR count). The van der Waals surface area contributed by atoms with Crippen molar-refractivity contribution in [3.63, 3.8) is 0 Å². The lowest BCUT2D eigenvalue weighted by Crippen LogP contribution is -2.38. The highest BCUT2D eigenvalue weighted by Crippen LogP contribution is 2.17. The minimum Gasteiger partial charge on any atom is -0.398 e. The Morgan fingerprint density at radius 2 is 2.19 bits per heavy atom. The van der Waals surface area contributed by atoms with Gasteiger partial charge in [-0.05, 0) is 32.0 Å². The SMILES string of the molecule is CC(C)(O)CNC(=O)c1ccc(Cl)cc1N.